The minimum atomic E-state index is 0.248. The molecule has 1 N–H and O–H groups in total. The molecular formula is C17H15BrN2O. The molecule has 0 bridgehead atoms. The Morgan fingerprint density at radius 2 is 2.00 bits per heavy atom. The second-order valence-corrected chi connectivity index (χ2v) is 6.55. The number of hydrogen-bond donors (Lipinski definition) is 1. The van der Waals surface area contributed by atoms with Crippen LogP contribution in [0.5, 0.6) is 5.75 Å². The molecule has 0 amide bonds. The SMILES string of the molecule is Cc1ccc2c(c1)nc(-c1ccc(Br)c(O)c1)n2C1CC1. The van der Waals surface area contributed by atoms with Gasteiger partial charge in [-0.1, -0.05) is 6.07 Å². The molecule has 3 nitrogen and oxygen atoms in total. The number of halogens is 1. The fraction of sp³-hybridized carbons (Fsp3) is 0.235. The van der Waals surface area contributed by atoms with Crippen molar-refractivity contribution in [2.45, 2.75) is 25.8 Å². The smallest absolute Gasteiger partial charge is 0.141 e. The lowest BCUT2D eigenvalue weighted by Gasteiger charge is -2.08. The Morgan fingerprint density at radius 1 is 1.19 bits per heavy atom. The van der Waals surface area contributed by atoms with E-state index >= 15 is 0 Å². The highest BCUT2D eigenvalue weighted by Crippen LogP contribution is 2.42. The van der Waals surface area contributed by atoms with Crippen LogP contribution in [0.15, 0.2) is 40.9 Å². The molecule has 0 aliphatic heterocycles. The molecule has 1 aliphatic rings. The van der Waals surface area contributed by atoms with Crippen molar-refractivity contribution in [3.63, 3.8) is 0 Å². The lowest BCUT2D eigenvalue weighted by molar-refractivity contribution is 0.472. The van der Waals surface area contributed by atoms with Gasteiger partial charge in [-0.05, 0) is 71.6 Å². The first kappa shape index (κ1) is 12.9. The fourth-order valence-corrected chi connectivity index (χ4v) is 3.01. The third-order valence-corrected chi connectivity index (χ3v) is 4.63. The van der Waals surface area contributed by atoms with Crippen molar-refractivity contribution in [1.82, 2.24) is 9.55 Å². The molecule has 2 aromatic carbocycles. The van der Waals surface area contributed by atoms with Crippen molar-refractivity contribution in [1.29, 1.82) is 0 Å². The summed E-state index contributed by atoms with van der Waals surface area (Å²) < 4.78 is 3.02. The highest BCUT2D eigenvalue weighted by Gasteiger charge is 2.28. The standard InChI is InChI=1S/C17H15BrN2O/c1-10-2-7-15-14(8-10)19-17(20(15)12-4-5-12)11-3-6-13(18)16(21)9-11/h2-3,6-9,12,21H,4-5H2,1H3. The first-order valence-corrected chi connectivity index (χ1v) is 7.90. The van der Waals surface area contributed by atoms with E-state index in [-0.39, 0.29) is 5.75 Å². The number of benzene rings is 2. The first-order chi connectivity index (χ1) is 10.1. The quantitative estimate of drug-likeness (QED) is 0.725. The molecule has 1 aromatic heterocycles. The Kier molecular flexibility index (Phi) is 2.82. The molecule has 106 valence electrons. The van der Waals surface area contributed by atoms with Gasteiger partial charge < -0.3 is 9.67 Å². The van der Waals surface area contributed by atoms with Crippen molar-refractivity contribution in [3.05, 3.63) is 46.4 Å². The van der Waals surface area contributed by atoms with Crippen LogP contribution in [0.1, 0.15) is 24.4 Å². The summed E-state index contributed by atoms with van der Waals surface area (Å²) in [4.78, 5) is 4.81. The van der Waals surface area contributed by atoms with E-state index in [4.69, 9.17) is 4.98 Å². The molecule has 3 aromatic rings. The van der Waals surface area contributed by atoms with E-state index in [9.17, 15) is 5.11 Å². The number of nitrogens with zero attached hydrogens (tertiary/aromatic N) is 2. The van der Waals surface area contributed by atoms with Crippen molar-refractivity contribution >= 4 is 27.0 Å². The third-order valence-electron chi connectivity index (χ3n) is 3.96. The van der Waals surface area contributed by atoms with Gasteiger partial charge in [0.25, 0.3) is 0 Å². The number of aryl methyl sites for hydroxylation is 1. The van der Waals surface area contributed by atoms with Gasteiger partial charge in [-0.25, -0.2) is 4.98 Å². The van der Waals surface area contributed by atoms with E-state index in [0.29, 0.717) is 10.5 Å². The molecule has 1 heterocycles. The predicted octanol–water partition coefficient (Wildman–Crippen LogP) is 4.81. The predicted molar refractivity (Wildman–Crippen MR) is 87.5 cm³/mol. The zero-order chi connectivity index (χ0) is 14.6. The summed E-state index contributed by atoms with van der Waals surface area (Å²) in [5.41, 5.74) is 4.38. The van der Waals surface area contributed by atoms with Gasteiger partial charge in [-0.2, -0.15) is 0 Å². The minimum Gasteiger partial charge on any atom is -0.507 e. The average Bonchev–Trinajstić information content (AvgIpc) is 3.22. The molecule has 1 aliphatic carbocycles. The van der Waals surface area contributed by atoms with Gasteiger partial charge in [-0.15, -0.1) is 0 Å². The summed E-state index contributed by atoms with van der Waals surface area (Å²) >= 11 is 3.33. The van der Waals surface area contributed by atoms with Gasteiger partial charge in [0.2, 0.25) is 0 Å². The number of fused-ring (bicyclic) bond motifs is 1. The number of aromatic nitrogens is 2. The molecule has 0 atom stereocenters. The zero-order valence-corrected chi connectivity index (χ0v) is 13.3. The van der Waals surface area contributed by atoms with Crippen LogP contribution < -0.4 is 0 Å². The van der Waals surface area contributed by atoms with E-state index < -0.39 is 0 Å². The molecule has 21 heavy (non-hydrogen) atoms. The van der Waals surface area contributed by atoms with Gasteiger partial charge in [0, 0.05) is 11.6 Å². The largest absolute Gasteiger partial charge is 0.507 e. The summed E-state index contributed by atoms with van der Waals surface area (Å²) in [5.74, 6) is 1.19. The van der Waals surface area contributed by atoms with Crippen LogP contribution in [0, 0.1) is 6.92 Å². The van der Waals surface area contributed by atoms with Gasteiger partial charge in [0.1, 0.15) is 11.6 Å². The Hall–Kier alpha value is -1.81. The number of rotatable bonds is 2. The molecular weight excluding hydrogens is 328 g/mol. The van der Waals surface area contributed by atoms with E-state index in [1.165, 1.54) is 23.9 Å². The summed E-state index contributed by atoms with van der Waals surface area (Å²) in [6.07, 6.45) is 2.41. The fourth-order valence-electron chi connectivity index (χ4n) is 2.77. The summed E-state index contributed by atoms with van der Waals surface area (Å²) in [6.45, 7) is 2.08. The Bertz CT molecular complexity index is 849. The summed E-state index contributed by atoms with van der Waals surface area (Å²) in [5, 5.41) is 9.94. The monoisotopic (exact) mass is 342 g/mol. The maximum absolute atomic E-state index is 9.94. The van der Waals surface area contributed by atoms with Gasteiger partial charge in [-0.3, -0.25) is 0 Å². The minimum absolute atomic E-state index is 0.248. The van der Waals surface area contributed by atoms with Crippen molar-refractivity contribution < 1.29 is 5.11 Å². The van der Waals surface area contributed by atoms with Crippen LogP contribution >= 0.6 is 15.9 Å². The van der Waals surface area contributed by atoms with Crippen LogP contribution in [-0.2, 0) is 0 Å². The Morgan fingerprint density at radius 3 is 2.71 bits per heavy atom. The lowest BCUT2D eigenvalue weighted by Crippen LogP contribution is -1.97. The van der Waals surface area contributed by atoms with E-state index in [1.54, 1.807) is 6.07 Å². The number of imidazole rings is 1. The van der Waals surface area contributed by atoms with Gasteiger partial charge >= 0.3 is 0 Å². The number of phenolic OH excluding ortho intramolecular Hbond substituents is 1. The number of phenols is 1. The molecule has 4 heteroatoms. The topological polar surface area (TPSA) is 38.1 Å². The molecule has 0 unspecified atom stereocenters. The van der Waals surface area contributed by atoms with E-state index in [1.807, 2.05) is 12.1 Å². The molecule has 0 spiro atoms. The summed E-state index contributed by atoms with van der Waals surface area (Å²) in [6, 6.07) is 12.6. The second-order valence-electron chi connectivity index (χ2n) is 5.69. The zero-order valence-electron chi connectivity index (χ0n) is 11.7. The summed E-state index contributed by atoms with van der Waals surface area (Å²) in [7, 11) is 0. The van der Waals surface area contributed by atoms with Crippen LogP contribution in [0.2, 0.25) is 0 Å². The van der Waals surface area contributed by atoms with Crippen LogP contribution in [-0.4, -0.2) is 14.7 Å². The molecule has 0 saturated heterocycles. The average molecular weight is 343 g/mol. The molecule has 4 rings (SSSR count). The maximum Gasteiger partial charge on any atom is 0.141 e. The highest BCUT2D eigenvalue weighted by molar-refractivity contribution is 9.10. The van der Waals surface area contributed by atoms with E-state index in [0.717, 1.165) is 16.9 Å². The number of aromatic hydroxyl groups is 1. The van der Waals surface area contributed by atoms with Crippen LogP contribution in [0.25, 0.3) is 22.4 Å². The first-order valence-electron chi connectivity index (χ1n) is 7.11. The number of hydrogen-bond acceptors (Lipinski definition) is 2. The van der Waals surface area contributed by atoms with Crippen LogP contribution in [0.3, 0.4) is 0 Å². The highest BCUT2D eigenvalue weighted by atomic mass is 79.9. The molecule has 1 fully saturated rings. The van der Waals surface area contributed by atoms with Crippen molar-refractivity contribution in [2.75, 3.05) is 0 Å². The maximum atomic E-state index is 9.94. The lowest BCUT2D eigenvalue weighted by atomic mass is 10.2. The van der Waals surface area contributed by atoms with Crippen LogP contribution in [0.4, 0.5) is 0 Å². The molecule has 0 radical (unpaired) electrons. The van der Waals surface area contributed by atoms with Gasteiger partial charge in [0.05, 0.1) is 15.5 Å². The normalized spacial score (nSPS) is 14.8. The third kappa shape index (κ3) is 2.14. The Labute approximate surface area is 131 Å². The van der Waals surface area contributed by atoms with Crippen molar-refractivity contribution in [3.8, 4) is 17.1 Å². The van der Waals surface area contributed by atoms with Crippen molar-refractivity contribution in [2.24, 2.45) is 0 Å². The van der Waals surface area contributed by atoms with Gasteiger partial charge in [0.15, 0.2) is 0 Å². The van der Waals surface area contributed by atoms with E-state index in [2.05, 4.69) is 45.6 Å². The molecule has 1 saturated carbocycles. The second kappa shape index (κ2) is 4.60. The Balaban J connectivity index is 1.98.